The molecule has 1 aromatic rings. The summed E-state index contributed by atoms with van der Waals surface area (Å²) in [6.45, 7) is 0.557. The highest BCUT2D eigenvalue weighted by Gasteiger charge is 2.29. The molecule has 1 aliphatic carbocycles. The first-order chi connectivity index (χ1) is 7.50. The van der Waals surface area contributed by atoms with Gasteiger partial charge in [0.25, 0.3) is 0 Å². The van der Waals surface area contributed by atoms with Crippen LogP contribution in [0.1, 0.15) is 12.8 Å². The van der Waals surface area contributed by atoms with Crippen molar-refractivity contribution in [2.75, 3.05) is 13.6 Å². The molecule has 1 aliphatic rings. The molecule has 0 radical (unpaired) electrons. The molecule has 0 spiro atoms. The Morgan fingerprint density at radius 2 is 2.12 bits per heavy atom. The molecule has 1 N–H and O–H groups in total. The summed E-state index contributed by atoms with van der Waals surface area (Å²) in [6, 6.07) is 2.55. The molecule has 16 heavy (non-hydrogen) atoms. The minimum Gasteiger partial charge on any atom is -0.328 e. The number of pyridine rings is 1. The van der Waals surface area contributed by atoms with Crippen molar-refractivity contribution in [3.63, 3.8) is 0 Å². The molecule has 0 saturated heterocycles. The van der Waals surface area contributed by atoms with Crippen molar-refractivity contribution in [1.29, 1.82) is 0 Å². The summed E-state index contributed by atoms with van der Waals surface area (Å²) < 4.78 is 25.4. The predicted octanol–water partition coefficient (Wildman–Crippen LogP) is 0.405. The largest absolute Gasteiger partial charge is 0.328 e. The van der Waals surface area contributed by atoms with E-state index in [0.717, 1.165) is 12.8 Å². The van der Waals surface area contributed by atoms with Gasteiger partial charge in [-0.1, -0.05) is 0 Å². The molecule has 2 rings (SSSR count). The van der Waals surface area contributed by atoms with Gasteiger partial charge >= 0.3 is 0 Å². The first-order valence-corrected chi connectivity index (χ1v) is 6.59. The summed E-state index contributed by atoms with van der Waals surface area (Å²) in [5.41, 5.74) is -0.302. The number of hydrogen-bond donors (Lipinski definition) is 1. The van der Waals surface area contributed by atoms with E-state index in [1.807, 2.05) is 0 Å². The van der Waals surface area contributed by atoms with Gasteiger partial charge < -0.3 is 4.98 Å². The fourth-order valence-electron chi connectivity index (χ4n) is 1.50. The van der Waals surface area contributed by atoms with Gasteiger partial charge in [-0.2, -0.15) is 0 Å². The Balaban J connectivity index is 2.22. The summed E-state index contributed by atoms with van der Waals surface area (Å²) in [4.78, 5) is 13.3. The number of aromatic amines is 1. The quantitative estimate of drug-likeness (QED) is 0.831. The maximum atomic E-state index is 12.0. The van der Waals surface area contributed by atoms with Crippen LogP contribution in [-0.2, 0) is 10.0 Å². The highest BCUT2D eigenvalue weighted by atomic mass is 32.2. The Morgan fingerprint density at radius 3 is 2.62 bits per heavy atom. The number of rotatable bonds is 4. The third-order valence-corrected chi connectivity index (χ3v) is 4.50. The van der Waals surface area contributed by atoms with E-state index in [1.165, 1.54) is 22.6 Å². The van der Waals surface area contributed by atoms with Gasteiger partial charge in [-0.05, 0) is 24.8 Å². The summed E-state index contributed by atoms with van der Waals surface area (Å²) >= 11 is 0. The Hall–Kier alpha value is -1.14. The first kappa shape index (κ1) is 11.3. The average molecular weight is 242 g/mol. The summed E-state index contributed by atoms with van der Waals surface area (Å²) in [5, 5.41) is 0. The Bertz CT molecular complexity index is 511. The normalized spacial score (nSPS) is 16.6. The second kappa shape index (κ2) is 4.03. The highest BCUT2D eigenvalue weighted by molar-refractivity contribution is 7.89. The van der Waals surface area contributed by atoms with Gasteiger partial charge in [0.15, 0.2) is 0 Å². The fourth-order valence-corrected chi connectivity index (χ4v) is 2.71. The minimum absolute atomic E-state index is 0.134. The minimum atomic E-state index is -3.45. The molecule has 0 aromatic carbocycles. The third-order valence-electron chi connectivity index (χ3n) is 2.68. The molecule has 0 atom stereocenters. The fraction of sp³-hybridized carbons (Fsp3) is 0.500. The molecule has 88 valence electrons. The van der Waals surface area contributed by atoms with Crippen LogP contribution >= 0.6 is 0 Å². The zero-order valence-corrected chi connectivity index (χ0v) is 9.83. The monoisotopic (exact) mass is 242 g/mol. The van der Waals surface area contributed by atoms with E-state index in [0.29, 0.717) is 12.5 Å². The standard InChI is InChI=1S/C10H14N2O3S/c1-12(7-8-2-3-8)16(14,15)9-4-5-10(13)11-6-9/h4-6,8H,2-3,7H2,1H3,(H,11,13). The first-order valence-electron chi connectivity index (χ1n) is 5.15. The Morgan fingerprint density at radius 1 is 1.44 bits per heavy atom. The third kappa shape index (κ3) is 2.33. The van der Waals surface area contributed by atoms with Crippen LogP contribution in [-0.4, -0.2) is 31.3 Å². The van der Waals surface area contributed by atoms with Gasteiger partial charge in [-0.15, -0.1) is 0 Å². The van der Waals surface area contributed by atoms with Crippen LogP contribution in [0.15, 0.2) is 28.0 Å². The van der Waals surface area contributed by atoms with Crippen molar-refractivity contribution in [2.24, 2.45) is 5.92 Å². The van der Waals surface area contributed by atoms with Crippen molar-refractivity contribution in [2.45, 2.75) is 17.7 Å². The van der Waals surface area contributed by atoms with Gasteiger partial charge in [-0.3, -0.25) is 4.79 Å². The van der Waals surface area contributed by atoms with Crippen molar-refractivity contribution in [3.05, 3.63) is 28.7 Å². The van der Waals surface area contributed by atoms with E-state index in [2.05, 4.69) is 4.98 Å². The van der Waals surface area contributed by atoms with Gasteiger partial charge in [-0.25, -0.2) is 12.7 Å². The van der Waals surface area contributed by atoms with E-state index in [9.17, 15) is 13.2 Å². The Labute approximate surface area is 94.2 Å². The molecule has 0 amide bonds. The molecular formula is C10H14N2O3S. The number of sulfonamides is 1. The van der Waals surface area contributed by atoms with Gasteiger partial charge in [0.2, 0.25) is 15.6 Å². The van der Waals surface area contributed by atoms with Crippen LogP contribution in [0.2, 0.25) is 0 Å². The van der Waals surface area contributed by atoms with Crippen LogP contribution in [0.5, 0.6) is 0 Å². The molecule has 0 unspecified atom stereocenters. The van der Waals surface area contributed by atoms with Crippen molar-refractivity contribution in [3.8, 4) is 0 Å². The summed E-state index contributed by atoms with van der Waals surface area (Å²) in [7, 11) is -1.88. The smallest absolute Gasteiger partial charge is 0.247 e. The molecule has 1 fully saturated rings. The van der Waals surface area contributed by atoms with Crippen LogP contribution in [0.25, 0.3) is 0 Å². The number of nitrogens with one attached hydrogen (secondary N) is 1. The lowest BCUT2D eigenvalue weighted by Gasteiger charge is -2.16. The predicted molar refractivity (Wildman–Crippen MR) is 59.6 cm³/mol. The van der Waals surface area contributed by atoms with Crippen LogP contribution in [0.3, 0.4) is 0 Å². The van der Waals surface area contributed by atoms with Crippen LogP contribution in [0.4, 0.5) is 0 Å². The molecule has 5 nitrogen and oxygen atoms in total. The zero-order chi connectivity index (χ0) is 11.8. The molecule has 6 heteroatoms. The lowest BCUT2D eigenvalue weighted by molar-refractivity contribution is 0.452. The van der Waals surface area contributed by atoms with Gasteiger partial charge in [0.1, 0.15) is 0 Å². The number of hydrogen-bond acceptors (Lipinski definition) is 3. The van der Waals surface area contributed by atoms with E-state index in [1.54, 1.807) is 7.05 Å². The van der Waals surface area contributed by atoms with Gasteiger partial charge in [0, 0.05) is 25.9 Å². The van der Waals surface area contributed by atoms with Crippen LogP contribution in [0, 0.1) is 5.92 Å². The van der Waals surface area contributed by atoms with E-state index in [-0.39, 0.29) is 10.5 Å². The molecule has 1 heterocycles. The summed E-state index contributed by atoms with van der Waals surface area (Å²) in [5.74, 6) is 0.502. The lowest BCUT2D eigenvalue weighted by atomic mass is 10.4. The molecule has 1 aromatic heterocycles. The van der Waals surface area contributed by atoms with Gasteiger partial charge in [0.05, 0.1) is 4.90 Å². The van der Waals surface area contributed by atoms with Crippen molar-refractivity contribution in [1.82, 2.24) is 9.29 Å². The summed E-state index contributed by atoms with van der Waals surface area (Å²) in [6.07, 6.45) is 3.44. The molecular weight excluding hydrogens is 228 g/mol. The van der Waals surface area contributed by atoms with E-state index < -0.39 is 10.0 Å². The van der Waals surface area contributed by atoms with E-state index >= 15 is 0 Å². The molecule has 0 bridgehead atoms. The van der Waals surface area contributed by atoms with Crippen molar-refractivity contribution < 1.29 is 8.42 Å². The second-order valence-electron chi connectivity index (χ2n) is 4.12. The van der Waals surface area contributed by atoms with E-state index in [4.69, 9.17) is 0 Å². The second-order valence-corrected chi connectivity index (χ2v) is 6.16. The maximum absolute atomic E-state index is 12.0. The number of aromatic nitrogens is 1. The Kier molecular flexibility index (Phi) is 2.86. The number of H-pyrrole nitrogens is 1. The maximum Gasteiger partial charge on any atom is 0.247 e. The lowest BCUT2D eigenvalue weighted by Crippen LogP contribution is -2.29. The average Bonchev–Trinajstić information content (AvgIpc) is 3.02. The zero-order valence-electron chi connectivity index (χ0n) is 9.01. The topological polar surface area (TPSA) is 70.2 Å². The molecule has 1 saturated carbocycles. The van der Waals surface area contributed by atoms with Crippen molar-refractivity contribution >= 4 is 10.0 Å². The molecule has 0 aliphatic heterocycles. The number of nitrogens with zero attached hydrogens (tertiary/aromatic N) is 1. The highest BCUT2D eigenvalue weighted by Crippen LogP contribution is 2.30. The van der Waals surface area contributed by atoms with Crippen LogP contribution < -0.4 is 5.56 Å². The SMILES string of the molecule is CN(CC1CC1)S(=O)(=O)c1ccc(=O)[nH]c1.